The molecule has 0 aliphatic rings. The largest absolute Gasteiger partial charge is 4.00 e. The molecule has 0 saturated heterocycles. The molecule has 0 N–H and O–H groups in total. The van der Waals surface area contributed by atoms with Crippen LogP contribution in [0.25, 0.3) is 6.08 Å². The molecule has 2 aromatic rings. The van der Waals surface area contributed by atoms with E-state index in [1.165, 1.54) is 16.7 Å². The second kappa shape index (κ2) is 18.7. The second-order valence-corrected chi connectivity index (χ2v) is 5.57. The fourth-order valence-electron chi connectivity index (χ4n) is 1.48. The Hall–Kier alpha value is 0.363. The van der Waals surface area contributed by atoms with Crippen molar-refractivity contribution < 1.29 is 63.4 Å². The molecule has 2 rings (SSSR count). The quantitative estimate of drug-likeness (QED) is 0.241. The minimum atomic E-state index is 0. The first kappa shape index (κ1) is 31.2. The third-order valence-corrected chi connectivity index (χ3v) is 2.53. The average molecular weight is 467 g/mol. The van der Waals surface area contributed by atoms with Crippen molar-refractivity contribution >= 4 is 14.7 Å². The molecule has 124 valence electrons. The second-order valence-electron chi connectivity index (χ2n) is 4.57. The van der Waals surface area contributed by atoms with E-state index < -0.39 is 0 Å². The van der Waals surface area contributed by atoms with E-state index in [4.69, 9.17) is 0 Å². The van der Waals surface area contributed by atoms with E-state index in [1.807, 2.05) is 6.08 Å². The molecule has 0 radical (unpaired) electrons. The van der Waals surface area contributed by atoms with Gasteiger partial charge in [0.2, 0.25) is 0 Å². The monoisotopic (exact) mass is 464 g/mol. The van der Waals surface area contributed by atoms with E-state index in [0.29, 0.717) is 0 Å². The first-order valence-electron chi connectivity index (χ1n) is 6.47. The Morgan fingerprint density at radius 3 is 1.48 bits per heavy atom. The predicted molar refractivity (Wildman–Crippen MR) is 89.3 cm³/mol. The summed E-state index contributed by atoms with van der Waals surface area (Å²) in [7, 11) is 1.08. The first-order chi connectivity index (χ1) is 9.15. The van der Waals surface area contributed by atoms with Crippen LogP contribution in [-0.2, 0) is 26.2 Å². The molecule has 23 heavy (non-hydrogen) atoms. The van der Waals surface area contributed by atoms with Crippen LogP contribution in [0.1, 0.15) is 22.3 Å². The number of rotatable bonds is 2. The molecule has 0 heterocycles. The normalized spacial score (nSPS) is 8.35. The van der Waals surface area contributed by atoms with Gasteiger partial charge in [0, 0.05) is 0 Å². The van der Waals surface area contributed by atoms with Crippen molar-refractivity contribution in [2.75, 3.05) is 13.3 Å². The third kappa shape index (κ3) is 14.4. The molecule has 0 aliphatic heterocycles. The summed E-state index contributed by atoms with van der Waals surface area (Å²) in [5.41, 5.74) is 4.87. The smallest absolute Gasteiger partial charge is 1.00 e. The van der Waals surface area contributed by atoms with Gasteiger partial charge in [-0.15, -0.1) is 50.6 Å². The Labute approximate surface area is 181 Å². The maximum Gasteiger partial charge on any atom is 4.00 e. The van der Waals surface area contributed by atoms with Gasteiger partial charge in [-0.2, -0.15) is 0 Å². The standard InChI is InChI=1S/C16H15.C2H7P.3ClH.Zr/c1-13-3-7-15(8-4-13)11-12-16-9-5-14(2)6-10-16;1-3-2;;;;/h3-11H,1-2H3;3H,1-2H3;3*1H;/q-1;;;;;+4/p-3. The van der Waals surface area contributed by atoms with E-state index in [1.54, 1.807) is 0 Å². The molecule has 0 unspecified atom stereocenters. The fourth-order valence-corrected chi connectivity index (χ4v) is 1.48. The van der Waals surface area contributed by atoms with Crippen LogP contribution in [-0.4, -0.2) is 13.3 Å². The first-order valence-corrected chi connectivity index (χ1v) is 8.47. The van der Waals surface area contributed by atoms with E-state index in [9.17, 15) is 0 Å². The van der Waals surface area contributed by atoms with Crippen molar-refractivity contribution in [3.05, 3.63) is 76.9 Å². The summed E-state index contributed by atoms with van der Waals surface area (Å²) in [6, 6.07) is 16.8. The fraction of sp³-hybridized carbons (Fsp3) is 0.222. The maximum atomic E-state index is 3.28. The van der Waals surface area contributed by atoms with Crippen molar-refractivity contribution in [1.29, 1.82) is 0 Å². The number of aryl methyl sites for hydroxylation is 2. The Bertz CT molecular complexity index is 463. The Morgan fingerprint density at radius 1 is 0.739 bits per heavy atom. The average Bonchev–Trinajstić information content (AvgIpc) is 2.41. The number of hydrogen-bond donors (Lipinski definition) is 0. The molecule has 0 bridgehead atoms. The molecule has 0 nitrogen and oxygen atoms in total. The van der Waals surface area contributed by atoms with Crippen LogP contribution < -0.4 is 37.2 Å². The van der Waals surface area contributed by atoms with Crippen LogP contribution in [0.3, 0.4) is 0 Å². The van der Waals surface area contributed by atoms with Crippen LogP contribution in [0.15, 0.2) is 48.5 Å². The molecule has 0 saturated carbocycles. The minimum absolute atomic E-state index is 0. The number of benzene rings is 2. The molecule has 5 heteroatoms. The molecule has 0 fully saturated rings. The molecule has 0 aromatic heterocycles. The third-order valence-electron chi connectivity index (χ3n) is 2.53. The Balaban J connectivity index is -0.000000240. The summed E-state index contributed by atoms with van der Waals surface area (Å²) in [6.45, 7) is 8.49. The van der Waals surface area contributed by atoms with E-state index in [0.717, 1.165) is 14.1 Å². The van der Waals surface area contributed by atoms with Gasteiger partial charge in [0.25, 0.3) is 0 Å². The van der Waals surface area contributed by atoms with Gasteiger partial charge < -0.3 is 37.2 Å². The Morgan fingerprint density at radius 2 is 1.09 bits per heavy atom. The minimum Gasteiger partial charge on any atom is -1.00 e. The van der Waals surface area contributed by atoms with E-state index >= 15 is 0 Å². The summed E-state index contributed by atoms with van der Waals surface area (Å²) in [5.74, 6) is 0. The molecule has 0 aliphatic carbocycles. The van der Waals surface area contributed by atoms with Crippen molar-refractivity contribution in [2.24, 2.45) is 0 Å². The summed E-state index contributed by atoms with van der Waals surface area (Å²) in [5, 5.41) is 0. The van der Waals surface area contributed by atoms with Gasteiger partial charge in [0.1, 0.15) is 0 Å². The summed E-state index contributed by atoms with van der Waals surface area (Å²) in [6.07, 6.45) is 5.30. The van der Waals surface area contributed by atoms with Crippen molar-refractivity contribution in [1.82, 2.24) is 0 Å². The van der Waals surface area contributed by atoms with Gasteiger partial charge >= 0.3 is 26.2 Å². The van der Waals surface area contributed by atoms with Gasteiger partial charge in [0.15, 0.2) is 0 Å². The van der Waals surface area contributed by atoms with E-state index in [-0.39, 0.29) is 63.4 Å². The van der Waals surface area contributed by atoms with Gasteiger partial charge in [0.05, 0.1) is 0 Å². The van der Waals surface area contributed by atoms with Crippen molar-refractivity contribution in [3.63, 3.8) is 0 Å². The summed E-state index contributed by atoms with van der Waals surface area (Å²) < 4.78 is 0. The SMILES string of the molecule is CPC.Cc1ccc([C-]=Cc2ccc(C)cc2)cc1.[Cl-].[Cl-].[Cl-].[Zr+4]. The summed E-state index contributed by atoms with van der Waals surface area (Å²) in [4.78, 5) is 0. The van der Waals surface area contributed by atoms with Crippen molar-refractivity contribution in [3.8, 4) is 0 Å². The van der Waals surface area contributed by atoms with Gasteiger partial charge in [-0.25, -0.2) is 0 Å². The molecule has 0 spiro atoms. The van der Waals surface area contributed by atoms with Crippen LogP contribution in [0, 0.1) is 19.9 Å². The molecular formula is C18H22Cl3PZr. The zero-order valence-electron chi connectivity index (χ0n) is 13.8. The molecule has 2 aromatic carbocycles. The number of halogens is 3. The van der Waals surface area contributed by atoms with Crippen molar-refractivity contribution in [2.45, 2.75) is 13.8 Å². The zero-order valence-corrected chi connectivity index (χ0v) is 19.6. The predicted octanol–water partition coefficient (Wildman–Crippen LogP) is -3.90. The zero-order chi connectivity index (χ0) is 14.1. The van der Waals surface area contributed by atoms with Gasteiger partial charge in [-0.3, -0.25) is 0 Å². The van der Waals surface area contributed by atoms with Crippen LogP contribution in [0.2, 0.25) is 0 Å². The number of hydrogen-bond acceptors (Lipinski definition) is 0. The maximum absolute atomic E-state index is 3.28. The molecule has 0 atom stereocenters. The van der Waals surface area contributed by atoms with Crippen LogP contribution in [0.5, 0.6) is 0 Å². The van der Waals surface area contributed by atoms with Gasteiger partial charge in [-0.05, 0) is 27.2 Å². The van der Waals surface area contributed by atoms with Crippen LogP contribution in [0.4, 0.5) is 0 Å². The molecule has 0 amide bonds. The van der Waals surface area contributed by atoms with Crippen LogP contribution >= 0.6 is 8.58 Å². The Kier molecular flexibility index (Phi) is 25.3. The van der Waals surface area contributed by atoms with E-state index in [2.05, 4.69) is 81.8 Å². The van der Waals surface area contributed by atoms with Gasteiger partial charge in [-0.1, -0.05) is 41.0 Å². The summed E-state index contributed by atoms with van der Waals surface area (Å²) >= 11 is 0. The topological polar surface area (TPSA) is 0 Å². The molecular weight excluding hydrogens is 445 g/mol.